The predicted molar refractivity (Wildman–Crippen MR) is 117 cm³/mol. The maximum atomic E-state index is 6.18. The molecular weight excluding hydrogens is 374 g/mol. The molecule has 0 saturated carbocycles. The second-order valence-corrected chi connectivity index (χ2v) is 7.66. The maximum absolute atomic E-state index is 6.18. The second-order valence-electron chi connectivity index (χ2n) is 7.66. The van der Waals surface area contributed by atoms with E-state index < -0.39 is 0 Å². The Kier molecular flexibility index (Phi) is 4.79. The van der Waals surface area contributed by atoms with Gasteiger partial charge in [-0.25, -0.2) is 15.0 Å². The summed E-state index contributed by atoms with van der Waals surface area (Å²) < 4.78 is 12.4. The number of rotatable bonds is 4. The number of aromatic nitrogens is 1. The van der Waals surface area contributed by atoms with Gasteiger partial charge in [0.1, 0.15) is 23.6 Å². The molecule has 0 N–H and O–H groups in total. The molecule has 3 aromatic rings. The van der Waals surface area contributed by atoms with Gasteiger partial charge in [0.2, 0.25) is 11.8 Å². The highest BCUT2D eigenvalue weighted by Gasteiger charge is 2.32. The molecule has 30 heavy (non-hydrogen) atoms. The summed E-state index contributed by atoms with van der Waals surface area (Å²) in [7, 11) is 0. The van der Waals surface area contributed by atoms with Crippen molar-refractivity contribution in [1.29, 1.82) is 0 Å². The van der Waals surface area contributed by atoms with E-state index in [1.165, 1.54) is 0 Å². The quantitative estimate of drug-likeness (QED) is 0.629. The highest BCUT2D eigenvalue weighted by Crippen LogP contribution is 2.32. The summed E-state index contributed by atoms with van der Waals surface area (Å²) in [5.74, 6) is 1.12. The molecule has 150 valence electrons. The molecule has 0 fully saturated rings. The fourth-order valence-corrected chi connectivity index (χ4v) is 3.91. The number of hydrogen-bond donors (Lipinski definition) is 0. The lowest BCUT2D eigenvalue weighted by atomic mass is 10.0. The Morgan fingerprint density at radius 2 is 1.00 bits per heavy atom. The molecule has 0 saturated heterocycles. The van der Waals surface area contributed by atoms with E-state index in [-0.39, 0.29) is 24.3 Å². The Hall–Kier alpha value is -3.47. The molecule has 2 aliphatic heterocycles. The predicted octanol–water partition coefficient (Wildman–Crippen LogP) is 4.89. The topological polar surface area (TPSA) is 56.1 Å². The number of aliphatic imine (C=N–C) groups is 2. The minimum atomic E-state index is -0.103. The monoisotopic (exact) mass is 397 g/mol. The average molecular weight is 397 g/mol. The van der Waals surface area contributed by atoms with Gasteiger partial charge in [-0.1, -0.05) is 66.7 Å². The normalized spacial score (nSPS) is 25.3. The van der Waals surface area contributed by atoms with Crippen molar-refractivity contribution < 1.29 is 9.47 Å². The summed E-state index contributed by atoms with van der Waals surface area (Å²) in [6, 6.07) is 26.1. The van der Waals surface area contributed by atoms with Crippen LogP contribution in [0.25, 0.3) is 0 Å². The molecule has 0 unspecified atom stereocenters. The van der Waals surface area contributed by atoms with Gasteiger partial charge < -0.3 is 9.47 Å². The van der Waals surface area contributed by atoms with Crippen molar-refractivity contribution in [2.24, 2.45) is 9.98 Å². The van der Waals surface area contributed by atoms with Crippen LogP contribution in [0.2, 0.25) is 0 Å². The lowest BCUT2D eigenvalue weighted by molar-refractivity contribution is 0.201. The molecule has 2 aliphatic rings. The Morgan fingerprint density at radius 3 is 1.43 bits per heavy atom. The summed E-state index contributed by atoms with van der Waals surface area (Å²) in [5.41, 5.74) is 3.62. The van der Waals surface area contributed by atoms with E-state index in [0.29, 0.717) is 23.2 Å². The molecule has 0 bridgehead atoms. The smallest absolute Gasteiger partial charge is 0.236 e. The molecule has 2 aromatic carbocycles. The Labute approximate surface area is 176 Å². The van der Waals surface area contributed by atoms with Crippen LogP contribution in [0.4, 0.5) is 0 Å². The van der Waals surface area contributed by atoms with Crippen LogP contribution in [0.15, 0.2) is 88.8 Å². The molecule has 4 atom stereocenters. The van der Waals surface area contributed by atoms with Crippen molar-refractivity contribution in [3.05, 3.63) is 101 Å². The van der Waals surface area contributed by atoms with Crippen LogP contribution >= 0.6 is 0 Å². The lowest BCUT2D eigenvalue weighted by Gasteiger charge is -2.15. The SMILES string of the molecule is C[C@H]1N=C(c2cccc(C3=N[C@H](C)[C@H](c4ccccc4)O3)n2)O[C@@H]1c1ccccc1. The maximum Gasteiger partial charge on any atom is 0.236 e. The first kappa shape index (κ1) is 18.6. The zero-order chi connectivity index (χ0) is 20.5. The highest BCUT2D eigenvalue weighted by atomic mass is 16.5. The zero-order valence-electron chi connectivity index (χ0n) is 17.0. The first-order valence-electron chi connectivity index (χ1n) is 10.3. The van der Waals surface area contributed by atoms with Gasteiger partial charge in [0.25, 0.3) is 0 Å². The number of benzene rings is 2. The third kappa shape index (κ3) is 3.47. The average Bonchev–Trinajstić information content (AvgIpc) is 3.38. The van der Waals surface area contributed by atoms with Crippen LogP contribution < -0.4 is 0 Å². The van der Waals surface area contributed by atoms with Crippen LogP contribution in [0.1, 0.15) is 48.6 Å². The van der Waals surface area contributed by atoms with Crippen molar-refractivity contribution >= 4 is 11.8 Å². The number of nitrogens with zero attached hydrogens (tertiary/aromatic N) is 3. The summed E-state index contributed by atoms with van der Waals surface area (Å²) in [6.45, 7) is 4.12. The highest BCUT2D eigenvalue weighted by molar-refractivity contribution is 5.97. The molecule has 5 nitrogen and oxygen atoms in total. The van der Waals surface area contributed by atoms with Crippen LogP contribution in [0.5, 0.6) is 0 Å². The van der Waals surface area contributed by atoms with Crippen molar-refractivity contribution in [3.63, 3.8) is 0 Å². The van der Waals surface area contributed by atoms with Gasteiger partial charge in [-0.2, -0.15) is 0 Å². The Balaban J connectivity index is 1.37. The van der Waals surface area contributed by atoms with Crippen molar-refractivity contribution in [2.45, 2.75) is 38.1 Å². The number of ether oxygens (including phenoxy) is 2. The van der Waals surface area contributed by atoms with Gasteiger partial charge in [-0.3, -0.25) is 0 Å². The molecule has 0 radical (unpaired) electrons. The second kappa shape index (κ2) is 7.75. The van der Waals surface area contributed by atoms with E-state index in [2.05, 4.69) is 38.1 Å². The van der Waals surface area contributed by atoms with Gasteiger partial charge in [0, 0.05) is 0 Å². The third-order valence-corrected chi connectivity index (χ3v) is 5.44. The van der Waals surface area contributed by atoms with Crippen molar-refractivity contribution in [3.8, 4) is 0 Å². The number of pyridine rings is 1. The Bertz CT molecular complexity index is 1010. The van der Waals surface area contributed by atoms with Gasteiger partial charge in [0.15, 0.2) is 0 Å². The summed E-state index contributed by atoms with van der Waals surface area (Å²) in [4.78, 5) is 14.2. The largest absolute Gasteiger partial charge is 0.466 e. The van der Waals surface area contributed by atoms with Gasteiger partial charge in [-0.15, -0.1) is 0 Å². The van der Waals surface area contributed by atoms with E-state index in [9.17, 15) is 0 Å². The van der Waals surface area contributed by atoms with E-state index >= 15 is 0 Å². The van der Waals surface area contributed by atoms with E-state index in [1.807, 2.05) is 54.6 Å². The van der Waals surface area contributed by atoms with Crippen molar-refractivity contribution in [2.75, 3.05) is 0 Å². The summed E-state index contributed by atoms with van der Waals surface area (Å²) in [5, 5.41) is 0. The molecular formula is C25H23N3O2. The van der Waals surface area contributed by atoms with Gasteiger partial charge >= 0.3 is 0 Å². The van der Waals surface area contributed by atoms with Crippen LogP contribution in [0.3, 0.4) is 0 Å². The molecule has 3 heterocycles. The summed E-state index contributed by atoms with van der Waals surface area (Å²) >= 11 is 0. The molecule has 1 aromatic heterocycles. The molecule has 0 amide bonds. The van der Waals surface area contributed by atoms with E-state index in [4.69, 9.17) is 24.4 Å². The third-order valence-electron chi connectivity index (χ3n) is 5.44. The zero-order valence-corrected chi connectivity index (χ0v) is 17.0. The fraction of sp³-hybridized carbons (Fsp3) is 0.240. The van der Waals surface area contributed by atoms with Gasteiger partial charge in [-0.05, 0) is 37.1 Å². The minimum Gasteiger partial charge on any atom is -0.466 e. The van der Waals surface area contributed by atoms with E-state index in [0.717, 1.165) is 11.1 Å². The van der Waals surface area contributed by atoms with Crippen LogP contribution in [0, 0.1) is 0 Å². The van der Waals surface area contributed by atoms with Gasteiger partial charge in [0.05, 0.1) is 12.1 Å². The standard InChI is InChI=1S/C25H23N3O2/c1-16-22(18-10-5-3-6-11-18)29-24(26-16)20-14-9-15-21(28-20)25-27-17(2)23(30-25)19-12-7-4-8-13-19/h3-17,22-23H,1-2H3/t16-,17-,22-,23+/m1/s1. The first-order chi connectivity index (χ1) is 14.7. The summed E-state index contributed by atoms with van der Waals surface area (Å²) in [6.07, 6.45) is -0.205. The molecule has 5 rings (SSSR count). The van der Waals surface area contributed by atoms with Crippen LogP contribution in [-0.2, 0) is 9.47 Å². The number of hydrogen-bond acceptors (Lipinski definition) is 5. The molecule has 0 spiro atoms. The van der Waals surface area contributed by atoms with Crippen molar-refractivity contribution in [1.82, 2.24) is 4.98 Å². The lowest BCUT2D eigenvalue weighted by Crippen LogP contribution is -2.13. The minimum absolute atomic E-state index is 0.0235. The van der Waals surface area contributed by atoms with Crippen LogP contribution in [-0.4, -0.2) is 28.9 Å². The fourth-order valence-electron chi connectivity index (χ4n) is 3.91. The molecule has 5 heteroatoms. The first-order valence-corrected chi connectivity index (χ1v) is 10.3. The molecule has 0 aliphatic carbocycles. The Morgan fingerprint density at radius 1 is 0.567 bits per heavy atom. The van der Waals surface area contributed by atoms with E-state index in [1.54, 1.807) is 0 Å².